The number of benzene rings is 3. The molecule has 328 valence electrons. The summed E-state index contributed by atoms with van der Waals surface area (Å²) < 4.78 is 73.0. The second-order valence-corrected chi connectivity index (χ2v) is 18.3. The van der Waals surface area contributed by atoms with Crippen LogP contribution in [0.25, 0.3) is 22.2 Å². The minimum absolute atomic E-state index is 0.00645. The Morgan fingerprint density at radius 2 is 1.78 bits per heavy atom. The monoisotopic (exact) mass is 883 g/mol. The minimum Gasteiger partial charge on any atom is -0.395 e. The fourth-order valence-electron chi connectivity index (χ4n) is 9.30. The van der Waals surface area contributed by atoms with Crippen LogP contribution in [0.3, 0.4) is 0 Å². The van der Waals surface area contributed by atoms with Gasteiger partial charge in [0.05, 0.1) is 17.9 Å². The smallest absolute Gasteiger partial charge is 0.301 e. The quantitative estimate of drug-likeness (QED) is 0.0991. The number of anilines is 1. The number of nitrogens with one attached hydrogen (secondary N) is 3. The molecule has 2 aromatic heterocycles. The molecule has 4 N–H and O–H groups in total. The second-order valence-electron chi connectivity index (χ2n) is 16.6. The number of halogens is 3. The maximum atomic E-state index is 15.7. The van der Waals surface area contributed by atoms with E-state index in [0.717, 1.165) is 58.1 Å². The molecule has 4 aliphatic rings. The van der Waals surface area contributed by atoms with Crippen LogP contribution < -0.4 is 10.0 Å². The molecule has 6 heterocycles. The number of ketones is 1. The van der Waals surface area contributed by atoms with E-state index in [1.165, 1.54) is 6.20 Å². The molecular formula is C45H44F3N7O7S. The van der Waals surface area contributed by atoms with Gasteiger partial charge in [-0.2, -0.15) is 12.7 Å². The molecule has 3 aromatic carbocycles. The van der Waals surface area contributed by atoms with Gasteiger partial charge < -0.3 is 15.0 Å². The summed E-state index contributed by atoms with van der Waals surface area (Å²) in [6.45, 7) is 1.28. The molecular weight excluding hydrogens is 840 g/mol. The van der Waals surface area contributed by atoms with Crippen molar-refractivity contribution in [2.45, 2.75) is 69.2 Å². The largest absolute Gasteiger partial charge is 0.395 e. The molecule has 4 atom stereocenters. The van der Waals surface area contributed by atoms with E-state index in [2.05, 4.69) is 20.2 Å². The Bertz CT molecular complexity index is 2770. The number of H-pyrrole nitrogens is 1. The molecule has 63 heavy (non-hydrogen) atoms. The zero-order valence-electron chi connectivity index (χ0n) is 34.0. The lowest BCUT2D eigenvalue weighted by molar-refractivity contribution is -0.136. The van der Waals surface area contributed by atoms with Gasteiger partial charge in [-0.3, -0.25) is 34.1 Å². The molecule has 2 unspecified atom stereocenters. The number of piperidine rings is 2. The van der Waals surface area contributed by atoms with Crippen LogP contribution in [-0.2, 0) is 32.8 Å². The number of amides is 3. The molecule has 3 amide bonds. The number of rotatable bonds is 12. The number of carbonyl (C=O) groups excluding carboxylic acids is 4. The molecule has 3 saturated heterocycles. The van der Waals surface area contributed by atoms with E-state index in [1.807, 2.05) is 47.2 Å². The Kier molecular flexibility index (Phi) is 11.4. The average Bonchev–Trinajstić information content (AvgIpc) is 4.00. The summed E-state index contributed by atoms with van der Waals surface area (Å²) in [7, 11) is -4.37. The summed E-state index contributed by atoms with van der Waals surface area (Å²) in [4.78, 5) is 62.2. The van der Waals surface area contributed by atoms with Crippen molar-refractivity contribution in [1.82, 2.24) is 29.4 Å². The normalized spacial score (nSPS) is 22.2. The first kappa shape index (κ1) is 42.4. The topological polar surface area (TPSA) is 185 Å². The number of nitrogens with zero attached hydrogens (tertiary/aromatic N) is 4. The molecule has 0 saturated carbocycles. The Morgan fingerprint density at radius 3 is 2.52 bits per heavy atom. The van der Waals surface area contributed by atoms with Gasteiger partial charge in [0.1, 0.15) is 23.7 Å². The number of imide groups is 1. The van der Waals surface area contributed by atoms with E-state index < -0.39 is 63.5 Å². The summed E-state index contributed by atoms with van der Waals surface area (Å²) in [5, 5.41) is 13.1. The van der Waals surface area contributed by atoms with Gasteiger partial charge in [-0.15, -0.1) is 0 Å². The Hall–Kier alpha value is -5.95. The summed E-state index contributed by atoms with van der Waals surface area (Å²) in [5.74, 6) is -4.40. The lowest BCUT2D eigenvalue weighted by Crippen LogP contribution is -2.52. The zero-order chi connectivity index (χ0) is 44.2. The molecule has 0 aliphatic carbocycles. The van der Waals surface area contributed by atoms with E-state index >= 15 is 8.78 Å². The second kappa shape index (κ2) is 17.0. The van der Waals surface area contributed by atoms with Crippen molar-refractivity contribution in [2.24, 2.45) is 0 Å². The lowest BCUT2D eigenvalue weighted by Gasteiger charge is -2.39. The summed E-state index contributed by atoms with van der Waals surface area (Å²) in [6, 6.07) is 16.3. The highest BCUT2D eigenvalue weighted by atomic mass is 32.2. The first-order chi connectivity index (χ1) is 30.3. The van der Waals surface area contributed by atoms with E-state index in [4.69, 9.17) is 0 Å². The fourth-order valence-corrected chi connectivity index (χ4v) is 10.6. The third-order valence-electron chi connectivity index (χ3n) is 12.8. The molecule has 5 aromatic rings. The highest BCUT2D eigenvalue weighted by molar-refractivity contribution is 7.90. The molecule has 9 rings (SSSR count). The maximum Gasteiger partial charge on any atom is 0.301 e. The summed E-state index contributed by atoms with van der Waals surface area (Å²) >= 11 is 0. The number of fused-ring (bicyclic) bond motifs is 2. The Labute approximate surface area is 360 Å². The molecule has 3 fully saturated rings. The SMILES string of the molecule is O=C1CCC(N2Cc3cc(C4CCN(CCc5ccc(-c6cnc7[nH]cc(C(=O)c8c(F)ccc(NS(=O)(=O)N9CC[C@@H](F)C9)c8F)c7c6)cc5)[C@H](CO)C4)ccc3C2=O)C(=O)N1. The number of carbonyl (C=O) groups is 4. The van der Waals surface area contributed by atoms with Crippen molar-refractivity contribution in [2.75, 3.05) is 37.5 Å². The number of alkyl halides is 1. The Balaban J connectivity index is 0.837. The fraction of sp³-hybridized carbons (Fsp3) is 0.356. The van der Waals surface area contributed by atoms with E-state index in [-0.39, 0.29) is 55.3 Å². The zero-order valence-corrected chi connectivity index (χ0v) is 34.8. The standard InChI is InChI=1S/C45H44F3N7O7S/c46-31-13-16-54(23-31)63(61,62)52-37-8-7-36(47)40(41(37)48)42(58)35-21-50-43-34(35)19-29(20-49-43)26-3-1-25(2-4-26)11-14-53-15-12-28(18-32(53)24-56)27-5-6-33-30(17-27)22-55(45(33)60)38-9-10-39(57)51-44(38)59/h1-8,17,19-21,28,31-32,38,52,56H,9-16,18,22-24H2,(H,49,50)(H,51,57,59)/t28?,31-,32+,38?/m1/s1. The molecule has 14 nitrogen and oxygen atoms in total. The highest BCUT2D eigenvalue weighted by Gasteiger charge is 2.40. The van der Waals surface area contributed by atoms with Gasteiger partial charge in [0.15, 0.2) is 5.82 Å². The molecule has 0 spiro atoms. The van der Waals surface area contributed by atoms with Crippen LogP contribution >= 0.6 is 0 Å². The van der Waals surface area contributed by atoms with E-state index in [9.17, 15) is 37.1 Å². The van der Waals surface area contributed by atoms with Gasteiger partial charge in [0.25, 0.3) is 5.91 Å². The summed E-state index contributed by atoms with van der Waals surface area (Å²) in [5.41, 5.74) is 3.64. The third kappa shape index (κ3) is 8.23. The number of aromatic nitrogens is 2. The average molecular weight is 884 g/mol. The summed E-state index contributed by atoms with van der Waals surface area (Å²) in [6.07, 6.45) is 4.36. The van der Waals surface area contributed by atoms with Gasteiger partial charge in [-0.25, -0.2) is 18.2 Å². The first-order valence-electron chi connectivity index (χ1n) is 20.9. The number of aliphatic hydroxyl groups excluding tert-OH is 1. The van der Waals surface area contributed by atoms with Crippen LogP contribution in [0.2, 0.25) is 0 Å². The number of aromatic amines is 1. The number of likely N-dealkylation sites (tertiary alicyclic amines) is 1. The van der Waals surface area contributed by atoms with Gasteiger partial charge in [-0.1, -0.05) is 36.4 Å². The molecule has 0 bridgehead atoms. The lowest BCUT2D eigenvalue weighted by atomic mass is 9.84. The van der Waals surface area contributed by atoms with Crippen LogP contribution in [0.15, 0.2) is 73.1 Å². The van der Waals surface area contributed by atoms with Gasteiger partial charge in [-0.05, 0) is 91.1 Å². The van der Waals surface area contributed by atoms with Crippen LogP contribution in [0.5, 0.6) is 0 Å². The number of aliphatic hydroxyl groups is 1. The van der Waals surface area contributed by atoms with Crippen LogP contribution in [0, 0.1) is 11.6 Å². The van der Waals surface area contributed by atoms with Crippen LogP contribution in [0.4, 0.5) is 18.9 Å². The van der Waals surface area contributed by atoms with Crippen LogP contribution in [0.1, 0.15) is 81.0 Å². The highest BCUT2D eigenvalue weighted by Crippen LogP contribution is 2.36. The van der Waals surface area contributed by atoms with Crippen molar-refractivity contribution in [3.05, 3.63) is 118 Å². The number of pyridine rings is 1. The predicted molar refractivity (Wildman–Crippen MR) is 226 cm³/mol. The Morgan fingerprint density at radius 1 is 0.968 bits per heavy atom. The van der Waals surface area contributed by atoms with Crippen molar-refractivity contribution < 1.29 is 45.9 Å². The van der Waals surface area contributed by atoms with Gasteiger partial charge in [0, 0.05) is 73.1 Å². The maximum absolute atomic E-state index is 15.7. The van der Waals surface area contributed by atoms with Crippen LogP contribution in [-0.4, -0.2) is 112 Å². The van der Waals surface area contributed by atoms with Gasteiger partial charge in [0.2, 0.25) is 17.6 Å². The molecule has 0 radical (unpaired) electrons. The van der Waals surface area contributed by atoms with Crippen molar-refractivity contribution in [1.29, 1.82) is 0 Å². The van der Waals surface area contributed by atoms with E-state index in [0.29, 0.717) is 48.1 Å². The number of hydrogen-bond donors (Lipinski definition) is 4. The minimum atomic E-state index is -4.37. The predicted octanol–water partition coefficient (Wildman–Crippen LogP) is 4.98. The molecule has 18 heteroatoms. The van der Waals surface area contributed by atoms with E-state index in [1.54, 1.807) is 17.2 Å². The number of hydrogen-bond acceptors (Lipinski definition) is 9. The van der Waals surface area contributed by atoms with Crippen molar-refractivity contribution >= 4 is 50.4 Å². The third-order valence-corrected chi connectivity index (χ3v) is 14.3. The van der Waals surface area contributed by atoms with Gasteiger partial charge >= 0.3 is 10.2 Å². The van der Waals surface area contributed by atoms with Crippen molar-refractivity contribution in [3.8, 4) is 11.1 Å². The van der Waals surface area contributed by atoms with Crippen molar-refractivity contribution in [3.63, 3.8) is 0 Å². The first-order valence-corrected chi connectivity index (χ1v) is 22.4. The molecule has 4 aliphatic heterocycles.